The number of amides is 1. The van der Waals surface area contributed by atoms with Crippen molar-refractivity contribution in [1.82, 2.24) is 0 Å². The average Bonchev–Trinajstić information content (AvgIpc) is 3.31. The monoisotopic (exact) mass is 323 g/mol. The van der Waals surface area contributed by atoms with Crippen molar-refractivity contribution in [2.45, 2.75) is 33.1 Å². The van der Waals surface area contributed by atoms with Gasteiger partial charge in [-0.3, -0.25) is 4.79 Å². The largest absolute Gasteiger partial charge is 0.478 e. The van der Waals surface area contributed by atoms with Crippen molar-refractivity contribution in [3.05, 3.63) is 64.7 Å². The Balaban J connectivity index is 1.80. The molecule has 0 atom stereocenters. The number of hydrogen-bond donors (Lipinski definition) is 2. The summed E-state index contributed by atoms with van der Waals surface area (Å²) in [7, 11) is 0. The fraction of sp³-hybridized carbons (Fsp3) is 0.300. The first kappa shape index (κ1) is 16.2. The van der Waals surface area contributed by atoms with E-state index in [-0.39, 0.29) is 16.9 Å². The van der Waals surface area contributed by atoms with Crippen LogP contribution in [0.3, 0.4) is 0 Å². The van der Waals surface area contributed by atoms with Crippen LogP contribution < -0.4 is 5.32 Å². The highest BCUT2D eigenvalue weighted by atomic mass is 16.4. The van der Waals surface area contributed by atoms with Crippen LogP contribution in [0.5, 0.6) is 0 Å². The number of aryl methyl sites for hydroxylation is 2. The number of nitrogens with one attached hydrogen (secondary N) is 1. The highest BCUT2D eigenvalue weighted by Crippen LogP contribution is 2.49. The van der Waals surface area contributed by atoms with Crippen LogP contribution >= 0.6 is 0 Å². The van der Waals surface area contributed by atoms with Crippen molar-refractivity contribution in [3.63, 3.8) is 0 Å². The Labute approximate surface area is 141 Å². The van der Waals surface area contributed by atoms with Crippen LogP contribution in [-0.4, -0.2) is 17.0 Å². The molecule has 0 aliphatic heterocycles. The van der Waals surface area contributed by atoms with Crippen molar-refractivity contribution in [1.29, 1.82) is 0 Å². The molecule has 2 aromatic carbocycles. The van der Waals surface area contributed by atoms with Gasteiger partial charge >= 0.3 is 5.97 Å². The molecule has 2 N–H and O–H groups in total. The van der Waals surface area contributed by atoms with Gasteiger partial charge in [0.2, 0.25) is 5.91 Å². The van der Waals surface area contributed by atoms with E-state index < -0.39 is 5.97 Å². The lowest BCUT2D eigenvalue weighted by atomic mass is 9.95. The number of anilines is 1. The molecule has 4 heteroatoms. The number of carboxylic acids is 1. The Bertz CT molecular complexity index is 792. The van der Waals surface area contributed by atoms with Crippen molar-refractivity contribution in [3.8, 4) is 0 Å². The Morgan fingerprint density at radius 1 is 1.08 bits per heavy atom. The Kier molecular flexibility index (Phi) is 4.14. The number of rotatable bonds is 5. The third-order valence-corrected chi connectivity index (χ3v) is 4.77. The van der Waals surface area contributed by atoms with E-state index in [4.69, 9.17) is 0 Å². The average molecular weight is 323 g/mol. The SMILES string of the molecule is Cc1cc(C)c(C(=O)O)cc1NC(=O)C1(Cc2ccccc2)CC1. The summed E-state index contributed by atoms with van der Waals surface area (Å²) in [5, 5.41) is 12.2. The normalized spacial score (nSPS) is 14.9. The molecule has 2 aromatic rings. The zero-order valence-corrected chi connectivity index (χ0v) is 13.9. The van der Waals surface area contributed by atoms with E-state index in [2.05, 4.69) is 5.32 Å². The summed E-state index contributed by atoms with van der Waals surface area (Å²) in [5.41, 5.74) is 3.18. The van der Waals surface area contributed by atoms with Crippen LogP contribution in [0.1, 0.15) is 39.9 Å². The van der Waals surface area contributed by atoms with Gasteiger partial charge in [-0.2, -0.15) is 0 Å². The summed E-state index contributed by atoms with van der Waals surface area (Å²) >= 11 is 0. The summed E-state index contributed by atoms with van der Waals surface area (Å²) in [4.78, 5) is 24.1. The van der Waals surface area contributed by atoms with Gasteiger partial charge in [0.1, 0.15) is 0 Å². The Morgan fingerprint density at radius 3 is 2.33 bits per heavy atom. The molecule has 0 unspecified atom stereocenters. The number of aromatic carboxylic acids is 1. The highest BCUT2D eigenvalue weighted by Gasteiger charge is 2.49. The van der Waals surface area contributed by atoms with Gasteiger partial charge < -0.3 is 10.4 Å². The van der Waals surface area contributed by atoms with Gasteiger partial charge in [0, 0.05) is 5.69 Å². The first-order valence-corrected chi connectivity index (χ1v) is 8.11. The topological polar surface area (TPSA) is 66.4 Å². The quantitative estimate of drug-likeness (QED) is 0.875. The number of hydrogen-bond acceptors (Lipinski definition) is 2. The summed E-state index contributed by atoms with van der Waals surface area (Å²) in [5.74, 6) is -0.997. The molecule has 4 nitrogen and oxygen atoms in total. The third-order valence-electron chi connectivity index (χ3n) is 4.77. The number of benzene rings is 2. The van der Waals surface area contributed by atoms with Gasteiger partial charge in [-0.25, -0.2) is 4.79 Å². The maximum atomic E-state index is 12.8. The predicted molar refractivity (Wildman–Crippen MR) is 93.3 cm³/mol. The molecule has 1 fully saturated rings. The van der Waals surface area contributed by atoms with Gasteiger partial charge in [-0.15, -0.1) is 0 Å². The number of carbonyl (C=O) groups excluding carboxylic acids is 1. The van der Waals surface area contributed by atoms with Crippen molar-refractivity contribution < 1.29 is 14.7 Å². The number of carboxylic acid groups (broad SMARTS) is 1. The van der Waals surface area contributed by atoms with E-state index in [1.54, 1.807) is 19.1 Å². The molecular formula is C20H21NO3. The lowest BCUT2D eigenvalue weighted by Crippen LogP contribution is -2.26. The van der Waals surface area contributed by atoms with Gasteiger partial charge in [0.15, 0.2) is 0 Å². The lowest BCUT2D eigenvalue weighted by Gasteiger charge is -2.17. The van der Waals surface area contributed by atoms with E-state index in [0.717, 1.165) is 30.4 Å². The minimum atomic E-state index is -0.978. The maximum absolute atomic E-state index is 12.8. The molecule has 0 spiro atoms. The zero-order valence-electron chi connectivity index (χ0n) is 13.9. The van der Waals surface area contributed by atoms with Crippen molar-refractivity contribution >= 4 is 17.6 Å². The van der Waals surface area contributed by atoms with Crippen LogP contribution in [0.4, 0.5) is 5.69 Å². The van der Waals surface area contributed by atoms with E-state index in [9.17, 15) is 14.7 Å². The first-order chi connectivity index (χ1) is 11.4. The number of carbonyl (C=O) groups is 2. The Hall–Kier alpha value is -2.62. The van der Waals surface area contributed by atoms with E-state index in [0.29, 0.717) is 11.3 Å². The summed E-state index contributed by atoms with van der Waals surface area (Å²) < 4.78 is 0. The fourth-order valence-corrected chi connectivity index (χ4v) is 3.09. The van der Waals surface area contributed by atoms with Crippen molar-refractivity contribution in [2.75, 3.05) is 5.32 Å². The molecular weight excluding hydrogens is 302 g/mol. The zero-order chi connectivity index (χ0) is 17.3. The summed E-state index contributed by atoms with van der Waals surface area (Å²) in [6, 6.07) is 13.4. The lowest BCUT2D eigenvalue weighted by molar-refractivity contribution is -0.121. The van der Waals surface area contributed by atoms with Crippen LogP contribution in [-0.2, 0) is 11.2 Å². The molecule has 1 aliphatic carbocycles. The molecule has 0 saturated heterocycles. The Morgan fingerprint density at radius 2 is 1.75 bits per heavy atom. The minimum absolute atomic E-state index is 0.0188. The van der Waals surface area contributed by atoms with E-state index in [1.807, 2.05) is 37.3 Å². The highest BCUT2D eigenvalue weighted by molar-refractivity contribution is 5.99. The molecule has 1 amide bonds. The van der Waals surface area contributed by atoms with E-state index in [1.165, 1.54) is 0 Å². The molecule has 124 valence electrons. The van der Waals surface area contributed by atoms with Crippen LogP contribution in [0.15, 0.2) is 42.5 Å². The molecule has 1 aliphatic rings. The standard InChI is InChI=1S/C20H21NO3/c1-13-10-14(2)17(11-16(13)18(22)23)21-19(24)20(8-9-20)12-15-6-4-3-5-7-15/h3-7,10-11H,8-9,12H2,1-2H3,(H,21,24)(H,22,23). The molecule has 24 heavy (non-hydrogen) atoms. The van der Waals surface area contributed by atoms with Gasteiger partial charge in [-0.1, -0.05) is 36.4 Å². The van der Waals surface area contributed by atoms with Crippen LogP contribution in [0.25, 0.3) is 0 Å². The minimum Gasteiger partial charge on any atom is -0.478 e. The van der Waals surface area contributed by atoms with Crippen molar-refractivity contribution in [2.24, 2.45) is 5.41 Å². The molecule has 1 saturated carbocycles. The fourth-order valence-electron chi connectivity index (χ4n) is 3.09. The van der Waals surface area contributed by atoms with E-state index >= 15 is 0 Å². The van der Waals surface area contributed by atoms with Gasteiger partial charge in [0.25, 0.3) is 0 Å². The second-order valence-electron chi connectivity index (χ2n) is 6.68. The molecule has 3 rings (SSSR count). The summed E-state index contributed by atoms with van der Waals surface area (Å²) in [6.45, 7) is 3.64. The summed E-state index contributed by atoms with van der Waals surface area (Å²) in [6.07, 6.45) is 2.45. The third kappa shape index (κ3) is 3.18. The molecule has 0 bridgehead atoms. The van der Waals surface area contributed by atoms with Gasteiger partial charge in [0.05, 0.1) is 11.0 Å². The predicted octanol–water partition coefficient (Wildman–Crippen LogP) is 3.96. The second kappa shape index (κ2) is 6.11. The molecule has 0 heterocycles. The smallest absolute Gasteiger partial charge is 0.336 e. The first-order valence-electron chi connectivity index (χ1n) is 8.11. The molecule has 0 aromatic heterocycles. The van der Waals surface area contributed by atoms with Crippen LogP contribution in [0, 0.1) is 19.3 Å². The molecule has 0 radical (unpaired) electrons. The maximum Gasteiger partial charge on any atom is 0.336 e. The van der Waals surface area contributed by atoms with Crippen LogP contribution in [0.2, 0.25) is 0 Å². The van der Waals surface area contributed by atoms with Gasteiger partial charge in [-0.05, 0) is 55.9 Å². The second-order valence-corrected chi connectivity index (χ2v) is 6.68.